The minimum Gasteiger partial charge on any atom is -0.481 e. The van der Waals surface area contributed by atoms with Gasteiger partial charge in [-0.05, 0) is 24.0 Å². The second-order valence-corrected chi connectivity index (χ2v) is 5.40. The van der Waals surface area contributed by atoms with Crippen LogP contribution in [0.3, 0.4) is 0 Å². The van der Waals surface area contributed by atoms with E-state index in [0.29, 0.717) is 19.4 Å². The highest BCUT2D eigenvalue weighted by Crippen LogP contribution is 2.24. The van der Waals surface area contributed by atoms with Crippen LogP contribution in [0.15, 0.2) is 60.7 Å². The molecule has 0 spiro atoms. The Kier molecular flexibility index (Phi) is 6.36. The first-order valence-corrected chi connectivity index (χ1v) is 7.78. The number of hydrogen-bond donors (Lipinski definition) is 2. The van der Waals surface area contributed by atoms with E-state index in [-0.39, 0.29) is 18.2 Å². The van der Waals surface area contributed by atoms with Crippen molar-refractivity contribution in [2.45, 2.75) is 25.2 Å². The lowest BCUT2D eigenvalue weighted by atomic mass is 9.90. The molecule has 2 N–H and O–H groups in total. The molecule has 0 aliphatic rings. The summed E-state index contributed by atoms with van der Waals surface area (Å²) in [5.41, 5.74) is 1.89. The molecule has 2 rings (SSSR count). The Labute approximate surface area is 136 Å². The van der Waals surface area contributed by atoms with Crippen molar-refractivity contribution in [1.82, 2.24) is 5.32 Å². The lowest BCUT2D eigenvalue weighted by Gasteiger charge is -2.17. The van der Waals surface area contributed by atoms with Crippen LogP contribution in [-0.4, -0.2) is 23.5 Å². The second kappa shape index (κ2) is 8.73. The van der Waals surface area contributed by atoms with E-state index in [2.05, 4.69) is 5.32 Å². The van der Waals surface area contributed by atoms with Crippen molar-refractivity contribution >= 4 is 11.9 Å². The first-order chi connectivity index (χ1) is 11.2. The molecule has 0 heterocycles. The van der Waals surface area contributed by atoms with Gasteiger partial charge in [-0.3, -0.25) is 9.59 Å². The van der Waals surface area contributed by atoms with Gasteiger partial charge < -0.3 is 10.4 Å². The quantitative estimate of drug-likeness (QED) is 0.736. The molecule has 23 heavy (non-hydrogen) atoms. The van der Waals surface area contributed by atoms with E-state index in [1.54, 1.807) is 0 Å². The first kappa shape index (κ1) is 16.7. The number of aliphatic carboxylic acids is 1. The van der Waals surface area contributed by atoms with Crippen LogP contribution in [0.5, 0.6) is 0 Å². The van der Waals surface area contributed by atoms with E-state index in [9.17, 15) is 9.59 Å². The van der Waals surface area contributed by atoms with Gasteiger partial charge in [0.1, 0.15) is 0 Å². The third kappa shape index (κ3) is 5.25. The van der Waals surface area contributed by atoms with Crippen LogP contribution in [-0.2, 0) is 9.59 Å². The summed E-state index contributed by atoms with van der Waals surface area (Å²) in [6.45, 7) is 0.488. The van der Waals surface area contributed by atoms with Crippen molar-refractivity contribution in [2.75, 3.05) is 6.54 Å². The second-order valence-electron chi connectivity index (χ2n) is 5.40. The molecule has 0 atom stereocenters. The summed E-state index contributed by atoms with van der Waals surface area (Å²) < 4.78 is 0. The molecule has 0 saturated heterocycles. The highest BCUT2D eigenvalue weighted by molar-refractivity contribution is 5.87. The summed E-state index contributed by atoms with van der Waals surface area (Å²) in [4.78, 5) is 23.1. The third-order valence-corrected chi connectivity index (χ3v) is 3.64. The smallest absolute Gasteiger partial charge is 0.303 e. The summed E-state index contributed by atoms with van der Waals surface area (Å²) in [5.74, 6) is -1.21. The fourth-order valence-electron chi connectivity index (χ4n) is 2.50. The monoisotopic (exact) mass is 311 g/mol. The summed E-state index contributed by atoms with van der Waals surface area (Å²) >= 11 is 0. The molecule has 0 saturated carbocycles. The predicted molar refractivity (Wildman–Crippen MR) is 89.2 cm³/mol. The topological polar surface area (TPSA) is 66.4 Å². The maximum Gasteiger partial charge on any atom is 0.303 e. The van der Waals surface area contributed by atoms with E-state index in [1.807, 2.05) is 60.7 Å². The van der Waals surface area contributed by atoms with Gasteiger partial charge in [-0.2, -0.15) is 0 Å². The number of benzene rings is 2. The van der Waals surface area contributed by atoms with Crippen LogP contribution < -0.4 is 5.32 Å². The maximum atomic E-state index is 12.6. The Morgan fingerprint density at radius 3 is 1.87 bits per heavy atom. The van der Waals surface area contributed by atoms with Gasteiger partial charge in [0.2, 0.25) is 5.91 Å². The van der Waals surface area contributed by atoms with Gasteiger partial charge in [0.15, 0.2) is 0 Å². The molecule has 0 bridgehead atoms. The molecule has 4 nitrogen and oxygen atoms in total. The molecule has 4 heteroatoms. The minimum atomic E-state index is -0.803. The molecule has 0 fully saturated rings. The van der Waals surface area contributed by atoms with Gasteiger partial charge in [-0.1, -0.05) is 60.7 Å². The van der Waals surface area contributed by atoms with Crippen LogP contribution in [0.2, 0.25) is 0 Å². The lowest BCUT2D eigenvalue weighted by molar-refractivity contribution is -0.137. The number of unbranched alkanes of at least 4 members (excludes halogenated alkanes) is 1. The van der Waals surface area contributed by atoms with Crippen LogP contribution >= 0.6 is 0 Å². The largest absolute Gasteiger partial charge is 0.481 e. The molecule has 2 aromatic rings. The van der Waals surface area contributed by atoms with Gasteiger partial charge in [0, 0.05) is 13.0 Å². The molecule has 2 aromatic carbocycles. The predicted octanol–water partition coefficient (Wildman–Crippen LogP) is 3.19. The van der Waals surface area contributed by atoms with Gasteiger partial charge in [-0.25, -0.2) is 0 Å². The Morgan fingerprint density at radius 1 is 0.870 bits per heavy atom. The summed E-state index contributed by atoms with van der Waals surface area (Å²) in [5, 5.41) is 11.5. The number of carbonyl (C=O) groups excluding carboxylic acids is 1. The normalized spacial score (nSPS) is 10.5. The molecule has 0 aliphatic heterocycles. The highest BCUT2D eigenvalue weighted by Gasteiger charge is 2.21. The molecule has 0 aromatic heterocycles. The molecule has 0 aliphatic carbocycles. The third-order valence-electron chi connectivity index (χ3n) is 3.64. The van der Waals surface area contributed by atoms with E-state index >= 15 is 0 Å². The Balaban J connectivity index is 2.03. The molecular weight excluding hydrogens is 290 g/mol. The Morgan fingerprint density at radius 2 is 1.39 bits per heavy atom. The fourth-order valence-corrected chi connectivity index (χ4v) is 2.50. The average Bonchev–Trinajstić information content (AvgIpc) is 2.56. The van der Waals surface area contributed by atoms with Crippen molar-refractivity contribution in [1.29, 1.82) is 0 Å². The Hall–Kier alpha value is -2.62. The zero-order valence-electron chi connectivity index (χ0n) is 12.9. The summed E-state index contributed by atoms with van der Waals surface area (Å²) in [7, 11) is 0. The van der Waals surface area contributed by atoms with Crippen LogP contribution in [0.4, 0.5) is 0 Å². The van der Waals surface area contributed by atoms with Gasteiger partial charge in [0.25, 0.3) is 0 Å². The van der Waals surface area contributed by atoms with Gasteiger partial charge in [0.05, 0.1) is 5.92 Å². The number of rotatable bonds is 8. The molecule has 0 unspecified atom stereocenters. The van der Waals surface area contributed by atoms with Crippen LogP contribution in [0, 0.1) is 0 Å². The number of carbonyl (C=O) groups is 2. The summed E-state index contributed by atoms with van der Waals surface area (Å²) in [6, 6.07) is 19.3. The number of carboxylic acid groups (broad SMARTS) is 1. The van der Waals surface area contributed by atoms with E-state index in [1.165, 1.54) is 0 Å². The zero-order valence-corrected chi connectivity index (χ0v) is 12.9. The molecular formula is C19H21NO3. The van der Waals surface area contributed by atoms with Crippen molar-refractivity contribution in [3.05, 3.63) is 71.8 Å². The van der Waals surface area contributed by atoms with E-state index in [4.69, 9.17) is 5.11 Å². The number of nitrogens with one attached hydrogen (secondary N) is 1. The number of amides is 1. The number of carboxylic acids is 1. The standard InChI is InChI=1S/C19H21NO3/c21-17(22)13-7-8-14-20-19(23)18(15-9-3-1-4-10-15)16-11-5-2-6-12-16/h1-6,9-12,18H,7-8,13-14H2,(H,20,23)(H,21,22). The van der Waals surface area contributed by atoms with Crippen molar-refractivity contribution < 1.29 is 14.7 Å². The lowest BCUT2D eigenvalue weighted by Crippen LogP contribution is -2.30. The minimum absolute atomic E-state index is 0.0577. The average molecular weight is 311 g/mol. The van der Waals surface area contributed by atoms with Crippen molar-refractivity contribution in [3.8, 4) is 0 Å². The summed E-state index contributed by atoms with van der Waals surface area (Å²) in [6.07, 6.45) is 1.36. The maximum absolute atomic E-state index is 12.6. The van der Waals surface area contributed by atoms with Crippen LogP contribution in [0.1, 0.15) is 36.3 Å². The van der Waals surface area contributed by atoms with E-state index in [0.717, 1.165) is 11.1 Å². The fraction of sp³-hybridized carbons (Fsp3) is 0.263. The molecule has 0 radical (unpaired) electrons. The van der Waals surface area contributed by atoms with Crippen LogP contribution in [0.25, 0.3) is 0 Å². The van der Waals surface area contributed by atoms with Crippen molar-refractivity contribution in [2.24, 2.45) is 0 Å². The zero-order chi connectivity index (χ0) is 16.5. The van der Waals surface area contributed by atoms with Crippen molar-refractivity contribution in [3.63, 3.8) is 0 Å². The number of hydrogen-bond acceptors (Lipinski definition) is 2. The molecule has 120 valence electrons. The van der Waals surface area contributed by atoms with Gasteiger partial charge in [-0.15, -0.1) is 0 Å². The first-order valence-electron chi connectivity index (χ1n) is 7.78. The van der Waals surface area contributed by atoms with Gasteiger partial charge >= 0.3 is 5.97 Å². The van der Waals surface area contributed by atoms with E-state index < -0.39 is 5.97 Å². The Bertz CT molecular complexity index is 586. The SMILES string of the molecule is O=C(O)CCCCNC(=O)C(c1ccccc1)c1ccccc1. The highest BCUT2D eigenvalue weighted by atomic mass is 16.4. The molecule has 1 amide bonds.